The molecule has 0 aromatic carbocycles. The van der Waals surface area contributed by atoms with Crippen LogP contribution < -0.4 is 0 Å². The molecule has 2 radical (unpaired) electrons. The van der Waals surface area contributed by atoms with Crippen molar-refractivity contribution in [1.82, 2.24) is 9.78 Å². The highest BCUT2D eigenvalue weighted by Gasteiger charge is 1.79. The minimum Gasteiger partial charge on any atom is -0.263 e. The molecule has 2 nitrogen and oxygen atoms in total. The van der Waals surface area contributed by atoms with Crippen LogP contribution in [0.15, 0.2) is 6.07 Å². The summed E-state index contributed by atoms with van der Waals surface area (Å²) in [6.07, 6.45) is 5.47. The number of aryl methyl sites for hydroxylation is 1. The van der Waals surface area contributed by atoms with Crippen LogP contribution in [0.3, 0.4) is 0 Å². The van der Waals surface area contributed by atoms with Crippen LogP contribution >= 0.6 is 0 Å². The Hall–Kier alpha value is -0.790. The molecule has 0 fully saturated rings. The normalized spacial score (nSPS) is 9.29. The Balaban J connectivity index is 2.76. The summed E-state index contributed by atoms with van der Waals surface area (Å²) in [5, 5.41) is 3.77. The molecule has 1 aromatic rings. The van der Waals surface area contributed by atoms with Crippen LogP contribution in [0.4, 0.5) is 0 Å². The zero-order valence-corrected chi connectivity index (χ0v) is 4.18. The maximum absolute atomic E-state index is 3.77. The van der Waals surface area contributed by atoms with Crippen molar-refractivity contribution in [2.24, 2.45) is 0 Å². The van der Waals surface area contributed by atoms with Gasteiger partial charge in [0.25, 0.3) is 0 Å². The summed E-state index contributed by atoms with van der Waals surface area (Å²) in [5.41, 5.74) is 0. The van der Waals surface area contributed by atoms with Crippen molar-refractivity contribution in [3.05, 3.63) is 18.5 Å². The van der Waals surface area contributed by atoms with Crippen LogP contribution in [0, 0.1) is 12.4 Å². The molecule has 2 heteroatoms. The molecule has 1 aromatic heterocycles. The van der Waals surface area contributed by atoms with E-state index in [-0.39, 0.29) is 0 Å². The number of aromatic nitrogens is 2. The molecule has 1 heterocycles. The molecular weight excluding hydrogens is 88.1 g/mol. The van der Waals surface area contributed by atoms with E-state index in [1.165, 1.54) is 0 Å². The van der Waals surface area contributed by atoms with Crippen molar-refractivity contribution in [3.8, 4) is 0 Å². The van der Waals surface area contributed by atoms with Gasteiger partial charge in [-0.2, -0.15) is 5.10 Å². The van der Waals surface area contributed by atoms with Gasteiger partial charge in [0.1, 0.15) is 6.20 Å². The monoisotopic (exact) mass is 94.1 g/mol. The molecule has 0 spiro atoms. The first-order valence-electron chi connectivity index (χ1n) is 2.25. The molecule has 0 bridgehead atoms. The molecule has 7 heavy (non-hydrogen) atoms. The summed E-state index contributed by atoms with van der Waals surface area (Å²) in [4.78, 5) is 0. The number of hydrogen-bond acceptors (Lipinski definition) is 1. The summed E-state index contributed by atoms with van der Waals surface area (Å²) in [6, 6.07) is 1.67. The van der Waals surface area contributed by atoms with Gasteiger partial charge in [-0.1, -0.05) is 0 Å². The van der Waals surface area contributed by atoms with Crippen LogP contribution in [0.2, 0.25) is 0 Å². The number of hydrogen-bond donors (Lipinski definition) is 0. The molecule has 0 unspecified atom stereocenters. The maximum atomic E-state index is 3.77. The highest BCUT2D eigenvalue weighted by molar-refractivity contribution is 4.71. The third-order valence-electron chi connectivity index (χ3n) is 0.756. The van der Waals surface area contributed by atoms with E-state index in [0.717, 1.165) is 6.54 Å². The predicted octanol–water partition coefficient (Wildman–Crippen LogP) is 0.503. The van der Waals surface area contributed by atoms with Crippen molar-refractivity contribution in [2.75, 3.05) is 0 Å². The van der Waals surface area contributed by atoms with Crippen molar-refractivity contribution in [3.63, 3.8) is 0 Å². The van der Waals surface area contributed by atoms with Gasteiger partial charge in [0, 0.05) is 6.54 Å². The third kappa shape index (κ3) is 0.796. The second kappa shape index (κ2) is 1.78. The van der Waals surface area contributed by atoms with Crippen molar-refractivity contribution in [2.45, 2.75) is 13.5 Å². The number of rotatable bonds is 1. The van der Waals surface area contributed by atoms with Gasteiger partial charge in [0.05, 0.1) is 6.20 Å². The van der Waals surface area contributed by atoms with Gasteiger partial charge in [0.2, 0.25) is 0 Å². The van der Waals surface area contributed by atoms with Crippen molar-refractivity contribution < 1.29 is 0 Å². The Morgan fingerprint density at radius 3 is 3.00 bits per heavy atom. The predicted molar refractivity (Wildman–Crippen MR) is 25.6 cm³/mol. The van der Waals surface area contributed by atoms with E-state index in [1.54, 1.807) is 10.7 Å². The average Bonchev–Trinajstić information content (AvgIpc) is 2.14. The van der Waals surface area contributed by atoms with E-state index in [9.17, 15) is 0 Å². The Morgan fingerprint density at radius 1 is 1.86 bits per heavy atom. The highest BCUT2D eigenvalue weighted by Crippen LogP contribution is 1.77. The zero-order valence-electron chi connectivity index (χ0n) is 4.18. The van der Waals surface area contributed by atoms with E-state index in [4.69, 9.17) is 0 Å². The smallest absolute Gasteiger partial charge is 0.113 e. The zero-order chi connectivity index (χ0) is 5.11. The fourth-order valence-electron chi connectivity index (χ4n) is 0.393. The summed E-state index contributed by atoms with van der Waals surface area (Å²) in [6.45, 7) is 2.89. The molecule has 1 rings (SSSR count). The summed E-state index contributed by atoms with van der Waals surface area (Å²) in [5.74, 6) is 0. The molecule has 0 saturated heterocycles. The first-order chi connectivity index (χ1) is 3.43. The minimum atomic E-state index is 0.878. The van der Waals surface area contributed by atoms with E-state index >= 15 is 0 Å². The van der Waals surface area contributed by atoms with E-state index < -0.39 is 0 Å². The second-order valence-corrected chi connectivity index (χ2v) is 1.22. The Bertz CT molecular complexity index is 121. The molecule has 0 amide bonds. The summed E-state index contributed by atoms with van der Waals surface area (Å²) in [7, 11) is 0. The van der Waals surface area contributed by atoms with Crippen LogP contribution in [0.1, 0.15) is 6.92 Å². The largest absolute Gasteiger partial charge is 0.263 e. The van der Waals surface area contributed by atoms with Gasteiger partial charge in [-0.3, -0.25) is 4.68 Å². The standard InChI is InChI=1S/C5H6N2/c1-2-7-5-3-4-6-7/h3H,2H2,1H3. The van der Waals surface area contributed by atoms with Crippen molar-refractivity contribution >= 4 is 0 Å². The fraction of sp³-hybridized carbons (Fsp3) is 0.400. The highest BCUT2D eigenvalue weighted by atomic mass is 15.2. The molecule has 0 atom stereocenters. The van der Waals surface area contributed by atoms with Crippen LogP contribution in [0.25, 0.3) is 0 Å². The molecular formula is C5H6N2. The van der Waals surface area contributed by atoms with Crippen LogP contribution in [-0.2, 0) is 6.54 Å². The first-order valence-corrected chi connectivity index (χ1v) is 2.25. The minimum absolute atomic E-state index is 0.878. The third-order valence-corrected chi connectivity index (χ3v) is 0.756. The van der Waals surface area contributed by atoms with Gasteiger partial charge >= 0.3 is 0 Å². The van der Waals surface area contributed by atoms with E-state index in [1.807, 2.05) is 6.92 Å². The summed E-state index contributed by atoms with van der Waals surface area (Å²) < 4.78 is 1.69. The quantitative estimate of drug-likeness (QED) is 0.495. The topological polar surface area (TPSA) is 17.8 Å². The van der Waals surface area contributed by atoms with Crippen LogP contribution in [-0.4, -0.2) is 9.78 Å². The SMILES string of the molecule is CCn1[c]c[c]n1. The summed E-state index contributed by atoms with van der Waals surface area (Å²) >= 11 is 0. The van der Waals surface area contributed by atoms with E-state index in [2.05, 4.69) is 17.5 Å². The second-order valence-electron chi connectivity index (χ2n) is 1.22. The molecule has 0 aliphatic rings. The lowest BCUT2D eigenvalue weighted by molar-refractivity contribution is 0.653. The molecule has 0 aliphatic heterocycles. The van der Waals surface area contributed by atoms with Gasteiger partial charge in [0.15, 0.2) is 0 Å². The Labute approximate surface area is 42.8 Å². The lowest BCUT2D eigenvalue weighted by atomic mass is 10.7. The maximum Gasteiger partial charge on any atom is 0.113 e. The molecule has 0 N–H and O–H groups in total. The van der Waals surface area contributed by atoms with Gasteiger partial charge in [-0.15, -0.1) is 0 Å². The Morgan fingerprint density at radius 2 is 2.71 bits per heavy atom. The number of nitrogens with zero attached hydrogens (tertiary/aromatic N) is 2. The lowest BCUT2D eigenvalue weighted by Crippen LogP contribution is -1.92. The van der Waals surface area contributed by atoms with Gasteiger partial charge in [-0.25, -0.2) is 0 Å². The lowest BCUT2D eigenvalue weighted by Gasteiger charge is -1.86. The Kier molecular flexibility index (Phi) is 1.11. The van der Waals surface area contributed by atoms with Gasteiger partial charge in [-0.05, 0) is 13.0 Å². The van der Waals surface area contributed by atoms with E-state index in [0.29, 0.717) is 0 Å². The average molecular weight is 94.1 g/mol. The van der Waals surface area contributed by atoms with Crippen LogP contribution in [0.5, 0.6) is 0 Å². The fourth-order valence-corrected chi connectivity index (χ4v) is 0.393. The van der Waals surface area contributed by atoms with Gasteiger partial charge < -0.3 is 0 Å². The molecule has 36 valence electrons. The first kappa shape index (κ1) is 4.37. The van der Waals surface area contributed by atoms with Crippen molar-refractivity contribution in [1.29, 1.82) is 0 Å². The molecule has 0 aliphatic carbocycles. The molecule has 0 saturated carbocycles.